The van der Waals surface area contributed by atoms with E-state index in [-0.39, 0.29) is 29.7 Å². The number of thioether (sulfide) groups is 1. The second-order valence-corrected chi connectivity index (χ2v) is 6.14. The van der Waals surface area contributed by atoms with Crippen molar-refractivity contribution in [2.75, 3.05) is 13.2 Å². The van der Waals surface area contributed by atoms with Gasteiger partial charge >= 0.3 is 5.97 Å². The van der Waals surface area contributed by atoms with Crippen LogP contribution in [0.1, 0.15) is 19.8 Å². The number of nitrogens with zero attached hydrogens (tertiary/aromatic N) is 1. The molecule has 20 heavy (non-hydrogen) atoms. The van der Waals surface area contributed by atoms with Crippen LogP contribution in [0.4, 0.5) is 0 Å². The van der Waals surface area contributed by atoms with Crippen LogP contribution < -0.4 is 0 Å². The van der Waals surface area contributed by atoms with Crippen molar-refractivity contribution >= 4 is 23.6 Å². The molecule has 108 valence electrons. The fourth-order valence-corrected chi connectivity index (χ4v) is 4.33. The highest BCUT2D eigenvalue weighted by Gasteiger charge is 2.54. The average Bonchev–Trinajstić information content (AvgIpc) is 3.03. The summed E-state index contributed by atoms with van der Waals surface area (Å²) in [6, 6.07) is 0. The Morgan fingerprint density at radius 2 is 2.30 bits per heavy atom. The maximum absolute atomic E-state index is 12.1. The number of rotatable bonds is 3. The zero-order valence-electron chi connectivity index (χ0n) is 11.0. The third kappa shape index (κ3) is 1.81. The standard InChI is InChI=1S/C13H15NO5S/c1-6(5-15)8-11(16)14-9(13(17)18)10(20-12(8)14)7-3-2-4-19-7/h7,12,15H,2-5H2,1H3,(H,17,18)/b8-6-/t7?,12-/m1/s1. The second-order valence-electron chi connectivity index (χ2n) is 5.02. The molecule has 2 saturated heterocycles. The van der Waals surface area contributed by atoms with E-state index < -0.39 is 5.97 Å². The van der Waals surface area contributed by atoms with Crippen LogP contribution in [-0.4, -0.2) is 51.7 Å². The fraction of sp³-hybridized carbons (Fsp3) is 0.538. The molecule has 2 N–H and O–H groups in total. The predicted molar refractivity (Wildman–Crippen MR) is 71.6 cm³/mol. The molecule has 1 unspecified atom stereocenters. The predicted octanol–water partition coefficient (Wildman–Crippen LogP) is 0.685. The van der Waals surface area contributed by atoms with E-state index in [0.717, 1.165) is 12.8 Å². The third-order valence-electron chi connectivity index (χ3n) is 3.77. The Hall–Kier alpha value is -1.31. The summed E-state index contributed by atoms with van der Waals surface area (Å²) in [6.45, 7) is 2.12. The number of hydrogen-bond donors (Lipinski definition) is 2. The van der Waals surface area contributed by atoms with Gasteiger partial charge in [0.05, 0.1) is 18.3 Å². The number of carbonyl (C=O) groups is 2. The number of aliphatic carboxylic acids is 1. The first-order chi connectivity index (χ1) is 9.56. The van der Waals surface area contributed by atoms with Gasteiger partial charge in [0.25, 0.3) is 5.91 Å². The van der Waals surface area contributed by atoms with Crippen LogP contribution in [0.5, 0.6) is 0 Å². The molecule has 6 nitrogen and oxygen atoms in total. The number of fused-ring (bicyclic) bond motifs is 1. The minimum absolute atomic E-state index is 0.0476. The van der Waals surface area contributed by atoms with Gasteiger partial charge in [0.2, 0.25) is 0 Å². The fourth-order valence-electron chi connectivity index (χ4n) is 2.73. The zero-order valence-corrected chi connectivity index (χ0v) is 11.8. The second kappa shape index (κ2) is 4.91. The number of carboxylic acids is 1. The number of aliphatic hydroxyl groups excluding tert-OH is 1. The van der Waals surface area contributed by atoms with Crippen molar-refractivity contribution in [3.05, 3.63) is 21.7 Å². The number of carbonyl (C=O) groups excluding carboxylic acids is 1. The van der Waals surface area contributed by atoms with E-state index in [1.807, 2.05) is 0 Å². The van der Waals surface area contributed by atoms with Crippen molar-refractivity contribution in [3.63, 3.8) is 0 Å². The number of β-lactam (4-membered cyclic amide) rings is 1. The number of hydrogen-bond acceptors (Lipinski definition) is 5. The van der Waals surface area contributed by atoms with Gasteiger partial charge in [0.15, 0.2) is 0 Å². The first kappa shape index (κ1) is 13.7. The van der Waals surface area contributed by atoms with Crippen molar-refractivity contribution < 1.29 is 24.5 Å². The number of ether oxygens (including phenoxy) is 1. The Balaban J connectivity index is 1.96. The van der Waals surface area contributed by atoms with Gasteiger partial charge in [-0.1, -0.05) is 11.8 Å². The van der Waals surface area contributed by atoms with Crippen LogP contribution in [0, 0.1) is 0 Å². The molecule has 0 aliphatic carbocycles. The van der Waals surface area contributed by atoms with Crippen LogP contribution in [0.25, 0.3) is 0 Å². The molecule has 2 fully saturated rings. The quantitative estimate of drug-likeness (QED) is 0.588. The van der Waals surface area contributed by atoms with E-state index >= 15 is 0 Å². The molecule has 0 aromatic rings. The summed E-state index contributed by atoms with van der Waals surface area (Å²) in [6.07, 6.45) is 1.46. The van der Waals surface area contributed by atoms with Crippen molar-refractivity contribution in [2.24, 2.45) is 0 Å². The highest BCUT2D eigenvalue weighted by Crippen LogP contribution is 2.52. The highest BCUT2D eigenvalue weighted by atomic mass is 32.2. The SMILES string of the molecule is C/C(CO)=C1\C(=O)N2C(C(=O)O)=C(C3CCCO3)S[C@H]12. The smallest absolute Gasteiger partial charge is 0.353 e. The number of aliphatic hydroxyl groups is 1. The lowest BCUT2D eigenvalue weighted by molar-refractivity contribution is -0.141. The van der Waals surface area contributed by atoms with Gasteiger partial charge in [-0.3, -0.25) is 9.69 Å². The van der Waals surface area contributed by atoms with Crippen LogP contribution in [0.15, 0.2) is 21.7 Å². The lowest BCUT2D eigenvalue weighted by atomic mass is 9.99. The minimum atomic E-state index is -1.10. The van der Waals surface area contributed by atoms with Gasteiger partial charge < -0.3 is 14.9 Å². The van der Waals surface area contributed by atoms with Crippen LogP contribution >= 0.6 is 11.8 Å². The Bertz CT molecular complexity index is 547. The molecular weight excluding hydrogens is 282 g/mol. The first-order valence-corrected chi connectivity index (χ1v) is 7.34. The highest BCUT2D eigenvalue weighted by molar-refractivity contribution is 8.04. The third-order valence-corrected chi connectivity index (χ3v) is 5.15. The van der Waals surface area contributed by atoms with E-state index in [1.165, 1.54) is 16.7 Å². The summed E-state index contributed by atoms with van der Waals surface area (Å²) in [5.74, 6) is -1.42. The maximum Gasteiger partial charge on any atom is 0.353 e. The summed E-state index contributed by atoms with van der Waals surface area (Å²) in [4.78, 5) is 25.5. The molecule has 3 aliphatic rings. The van der Waals surface area contributed by atoms with Crippen molar-refractivity contribution in [1.29, 1.82) is 0 Å². The van der Waals surface area contributed by atoms with E-state index in [1.54, 1.807) is 6.92 Å². The van der Waals surface area contributed by atoms with Gasteiger partial charge in [0, 0.05) is 11.5 Å². The Morgan fingerprint density at radius 1 is 1.55 bits per heavy atom. The summed E-state index contributed by atoms with van der Waals surface area (Å²) in [5.41, 5.74) is 1.16. The first-order valence-electron chi connectivity index (χ1n) is 6.46. The maximum atomic E-state index is 12.1. The number of amides is 1. The molecule has 0 saturated carbocycles. The van der Waals surface area contributed by atoms with E-state index in [9.17, 15) is 14.7 Å². The molecule has 3 heterocycles. The summed E-state index contributed by atoms with van der Waals surface area (Å²) >= 11 is 1.36. The van der Waals surface area contributed by atoms with Crippen LogP contribution in [-0.2, 0) is 14.3 Å². The minimum Gasteiger partial charge on any atom is -0.477 e. The van der Waals surface area contributed by atoms with Gasteiger partial charge in [-0.15, -0.1) is 0 Å². The van der Waals surface area contributed by atoms with Gasteiger partial charge in [-0.25, -0.2) is 4.79 Å². The summed E-state index contributed by atoms with van der Waals surface area (Å²) in [7, 11) is 0. The molecule has 7 heteroatoms. The molecule has 1 amide bonds. The van der Waals surface area contributed by atoms with E-state index in [4.69, 9.17) is 9.84 Å². The van der Waals surface area contributed by atoms with Gasteiger partial charge in [-0.05, 0) is 25.3 Å². The Morgan fingerprint density at radius 3 is 2.85 bits per heavy atom. The van der Waals surface area contributed by atoms with Crippen molar-refractivity contribution in [3.8, 4) is 0 Å². The Labute approximate surface area is 120 Å². The average molecular weight is 297 g/mol. The Kier molecular flexibility index (Phi) is 3.35. The molecule has 0 aromatic heterocycles. The molecule has 0 bridgehead atoms. The lowest BCUT2D eigenvalue weighted by Gasteiger charge is -2.38. The van der Waals surface area contributed by atoms with Crippen LogP contribution in [0.2, 0.25) is 0 Å². The monoisotopic (exact) mass is 297 g/mol. The van der Waals surface area contributed by atoms with Gasteiger partial charge in [-0.2, -0.15) is 0 Å². The van der Waals surface area contributed by atoms with Crippen molar-refractivity contribution in [1.82, 2.24) is 4.90 Å². The molecule has 0 spiro atoms. The molecule has 0 radical (unpaired) electrons. The van der Waals surface area contributed by atoms with Crippen LogP contribution in [0.3, 0.4) is 0 Å². The zero-order chi connectivity index (χ0) is 14.4. The topological polar surface area (TPSA) is 87.1 Å². The molecule has 3 rings (SSSR count). The largest absolute Gasteiger partial charge is 0.477 e. The van der Waals surface area contributed by atoms with E-state index in [2.05, 4.69) is 0 Å². The lowest BCUT2D eigenvalue weighted by Crippen LogP contribution is -2.52. The molecule has 2 atom stereocenters. The summed E-state index contributed by atoms with van der Waals surface area (Å²) in [5, 5.41) is 18.2. The molecular formula is C13H15NO5S. The molecule has 3 aliphatic heterocycles. The van der Waals surface area contributed by atoms with E-state index in [0.29, 0.717) is 22.7 Å². The summed E-state index contributed by atoms with van der Waals surface area (Å²) < 4.78 is 5.55. The number of carboxylic acid groups (broad SMARTS) is 1. The molecule has 0 aromatic carbocycles. The normalized spacial score (nSPS) is 31.5. The van der Waals surface area contributed by atoms with Gasteiger partial charge in [0.1, 0.15) is 11.1 Å². The van der Waals surface area contributed by atoms with Crippen molar-refractivity contribution in [2.45, 2.75) is 31.2 Å².